The summed E-state index contributed by atoms with van der Waals surface area (Å²) in [4.78, 5) is 12.3. The lowest BCUT2D eigenvalue weighted by molar-refractivity contribution is -0.0268. The summed E-state index contributed by atoms with van der Waals surface area (Å²) in [6, 6.07) is 3.14. The molecule has 0 amide bonds. The van der Waals surface area contributed by atoms with E-state index in [1.165, 1.54) is 13.0 Å². The number of hydrogen-bond acceptors (Lipinski definition) is 5. The van der Waals surface area contributed by atoms with Crippen LogP contribution in [0.25, 0.3) is 0 Å². The Morgan fingerprint density at radius 3 is 2.73 bits per heavy atom. The Balaban J connectivity index is 2.52. The molecule has 0 fully saturated rings. The number of allylic oxidation sites excluding steroid dienone is 2. The first kappa shape index (κ1) is 16.5. The van der Waals surface area contributed by atoms with Gasteiger partial charge in [-0.15, -0.1) is 0 Å². The summed E-state index contributed by atoms with van der Waals surface area (Å²) in [6.45, 7) is 5.44. The molecule has 0 unspecified atom stereocenters. The predicted octanol–water partition coefficient (Wildman–Crippen LogP) is 2.24. The maximum atomic E-state index is 12.3. The molecule has 0 aromatic heterocycles. The lowest BCUT2D eigenvalue weighted by Gasteiger charge is -2.19. The molecule has 2 rings (SSSR count). The van der Waals surface area contributed by atoms with E-state index in [0.29, 0.717) is 12.0 Å². The molecule has 1 aromatic carbocycles. The van der Waals surface area contributed by atoms with E-state index in [1.54, 1.807) is 6.07 Å². The molecule has 3 N–H and O–H groups in total. The molecule has 0 saturated heterocycles. The number of aliphatic hydroxyl groups is 2. The van der Waals surface area contributed by atoms with E-state index >= 15 is 0 Å². The highest BCUT2D eigenvalue weighted by Gasteiger charge is 2.34. The number of aliphatic hydroxyl groups excluding tert-OH is 2. The molecule has 5 heteroatoms. The monoisotopic (exact) mass is 306 g/mol. The summed E-state index contributed by atoms with van der Waals surface area (Å²) in [7, 11) is 0. The van der Waals surface area contributed by atoms with Gasteiger partial charge in [-0.25, -0.2) is 4.79 Å². The number of carbonyl (C=O) groups excluding carboxylic acids is 1. The van der Waals surface area contributed by atoms with E-state index in [4.69, 9.17) is 4.74 Å². The lowest BCUT2D eigenvalue weighted by Crippen LogP contribution is -2.28. The fraction of sp³-hybridized carbons (Fsp3) is 0.471. The Bertz CT molecular complexity index is 599. The number of ether oxygens (including phenoxy) is 1. The van der Waals surface area contributed by atoms with Crippen molar-refractivity contribution >= 4 is 5.97 Å². The van der Waals surface area contributed by atoms with Gasteiger partial charge < -0.3 is 20.1 Å². The molecule has 3 atom stereocenters. The highest BCUT2D eigenvalue weighted by molar-refractivity contribution is 5.95. The smallest absolute Gasteiger partial charge is 0.342 e. The average Bonchev–Trinajstić information content (AvgIpc) is 2.56. The molecule has 0 bridgehead atoms. The SMILES string of the molecule is CC(C)=CCc1ccc(O)c2c1[C@H](O)C[C@H]([C@@H](C)O)OC2=O. The second-order valence-electron chi connectivity index (χ2n) is 5.95. The molecular weight excluding hydrogens is 284 g/mol. The zero-order chi connectivity index (χ0) is 16.4. The van der Waals surface area contributed by atoms with Crippen molar-refractivity contribution in [1.29, 1.82) is 0 Å². The van der Waals surface area contributed by atoms with Gasteiger partial charge in [0.1, 0.15) is 17.4 Å². The van der Waals surface area contributed by atoms with Crippen molar-refractivity contribution < 1.29 is 24.9 Å². The number of phenols is 1. The number of phenolic OH excluding ortho intramolecular Hbond substituents is 1. The van der Waals surface area contributed by atoms with Gasteiger partial charge in [-0.3, -0.25) is 0 Å². The van der Waals surface area contributed by atoms with E-state index < -0.39 is 24.3 Å². The number of benzene rings is 1. The van der Waals surface area contributed by atoms with Crippen molar-refractivity contribution in [3.63, 3.8) is 0 Å². The summed E-state index contributed by atoms with van der Waals surface area (Å²) in [6.07, 6.45) is -0.0338. The largest absolute Gasteiger partial charge is 0.507 e. The molecule has 1 aliphatic rings. The Hall–Kier alpha value is -1.85. The van der Waals surface area contributed by atoms with Crippen molar-refractivity contribution in [2.75, 3.05) is 0 Å². The minimum atomic E-state index is -0.978. The maximum Gasteiger partial charge on any atom is 0.342 e. The third kappa shape index (κ3) is 3.31. The second-order valence-corrected chi connectivity index (χ2v) is 5.95. The van der Waals surface area contributed by atoms with Crippen LogP contribution in [0.2, 0.25) is 0 Å². The van der Waals surface area contributed by atoms with Crippen LogP contribution in [0.5, 0.6) is 5.75 Å². The van der Waals surface area contributed by atoms with E-state index in [1.807, 2.05) is 19.9 Å². The van der Waals surface area contributed by atoms with Gasteiger partial charge >= 0.3 is 5.97 Å². The van der Waals surface area contributed by atoms with Gasteiger partial charge in [0, 0.05) is 12.0 Å². The van der Waals surface area contributed by atoms with Crippen molar-refractivity contribution in [2.45, 2.75) is 51.9 Å². The Morgan fingerprint density at radius 1 is 1.45 bits per heavy atom. The van der Waals surface area contributed by atoms with Crippen molar-refractivity contribution in [2.24, 2.45) is 0 Å². The quantitative estimate of drug-likeness (QED) is 0.589. The molecule has 5 nitrogen and oxygen atoms in total. The average molecular weight is 306 g/mol. The van der Waals surface area contributed by atoms with Crippen LogP contribution in [0.15, 0.2) is 23.8 Å². The number of rotatable bonds is 3. The van der Waals surface area contributed by atoms with Gasteiger partial charge in [0.15, 0.2) is 0 Å². The third-order valence-electron chi connectivity index (χ3n) is 3.83. The van der Waals surface area contributed by atoms with Crippen LogP contribution in [-0.2, 0) is 11.2 Å². The van der Waals surface area contributed by atoms with E-state index in [-0.39, 0.29) is 17.7 Å². The molecule has 0 aliphatic carbocycles. The maximum absolute atomic E-state index is 12.3. The van der Waals surface area contributed by atoms with Crippen molar-refractivity contribution in [3.8, 4) is 5.75 Å². The van der Waals surface area contributed by atoms with Crippen LogP contribution >= 0.6 is 0 Å². The predicted molar refractivity (Wildman–Crippen MR) is 81.7 cm³/mol. The van der Waals surface area contributed by atoms with E-state index in [2.05, 4.69) is 0 Å². The number of aromatic hydroxyl groups is 1. The van der Waals surface area contributed by atoms with Crippen molar-refractivity contribution in [1.82, 2.24) is 0 Å². The molecular formula is C17H22O5. The van der Waals surface area contributed by atoms with Gasteiger partial charge in [-0.2, -0.15) is 0 Å². The standard InChI is InChI=1S/C17H22O5/c1-9(2)4-5-11-6-7-12(19)16-15(11)13(20)8-14(10(3)18)22-17(16)21/h4,6-7,10,13-14,18-20H,5,8H2,1-3H3/t10-,13-,14-/m1/s1. The number of carbonyl (C=O) groups is 1. The number of cyclic esters (lactones) is 1. The summed E-state index contributed by atoms with van der Waals surface area (Å²) in [5, 5.41) is 30.2. The number of fused-ring (bicyclic) bond motifs is 1. The van der Waals surface area contributed by atoms with Gasteiger partial charge in [-0.1, -0.05) is 17.7 Å². The highest BCUT2D eigenvalue weighted by atomic mass is 16.6. The molecule has 1 heterocycles. The molecule has 1 aromatic rings. The normalized spacial score (nSPS) is 22.3. The summed E-state index contributed by atoms with van der Waals surface area (Å²) >= 11 is 0. The first-order valence-corrected chi connectivity index (χ1v) is 7.36. The molecule has 120 valence electrons. The summed E-state index contributed by atoms with van der Waals surface area (Å²) in [5.41, 5.74) is 2.28. The first-order chi connectivity index (χ1) is 10.3. The topological polar surface area (TPSA) is 87.0 Å². The fourth-order valence-corrected chi connectivity index (χ4v) is 2.62. The summed E-state index contributed by atoms with van der Waals surface area (Å²) < 4.78 is 5.21. The van der Waals surface area contributed by atoms with E-state index in [0.717, 1.165) is 11.1 Å². The summed E-state index contributed by atoms with van der Waals surface area (Å²) in [5.74, 6) is -0.930. The van der Waals surface area contributed by atoms with Crippen LogP contribution in [0.4, 0.5) is 0 Å². The molecule has 0 spiro atoms. The Morgan fingerprint density at radius 2 is 2.14 bits per heavy atom. The third-order valence-corrected chi connectivity index (χ3v) is 3.83. The van der Waals surface area contributed by atoms with Gasteiger partial charge in [0.05, 0.1) is 12.2 Å². The molecule has 1 aliphatic heterocycles. The lowest BCUT2D eigenvalue weighted by atomic mass is 9.91. The van der Waals surface area contributed by atoms with Crippen LogP contribution in [0, 0.1) is 0 Å². The molecule has 0 saturated carbocycles. The zero-order valence-electron chi connectivity index (χ0n) is 13.0. The van der Waals surface area contributed by atoms with Gasteiger partial charge in [-0.05, 0) is 38.8 Å². The highest BCUT2D eigenvalue weighted by Crippen LogP contribution is 2.36. The van der Waals surface area contributed by atoms with Crippen LogP contribution in [-0.4, -0.2) is 33.5 Å². The minimum Gasteiger partial charge on any atom is -0.507 e. The van der Waals surface area contributed by atoms with Gasteiger partial charge in [0.25, 0.3) is 0 Å². The number of esters is 1. The molecule has 0 radical (unpaired) electrons. The number of hydrogen-bond donors (Lipinski definition) is 3. The van der Waals surface area contributed by atoms with Crippen LogP contribution in [0.1, 0.15) is 54.8 Å². The minimum absolute atomic E-state index is 0.00435. The zero-order valence-corrected chi connectivity index (χ0v) is 13.0. The first-order valence-electron chi connectivity index (χ1n) is 7.36. The Labute approximate surface area is 129 Å². The Kier molecular flexibility index (Phi) is 4.88. The van der Waals surface area contributed by atoms with Crippen molar-refractivity contribution in [3.05, 3.63) is 40.5 Å². The van der Waals surface area contributed by atoms with E-state index in [9.17, 15) is 20.1 Å². The fourth-order valence-electron chi connectivity index (χ4n) is 2.62. The molecule has 22 heavy (non-hydrogen) atoms. The van der Waals surface area contributed by atoms with Crippen LogP contribution in [0.3, 0.4) is 0 Å². The van der Waals surface area contributed by atoms with Crippen LogP contribution < -0.4 is 0 Å². The van der Waals surface area contributed by atoms with Gasteiger partial charge in [0.2, 0.25) is 0 Å². The second kappa shape index (κ2) is 6.50.